The van der Waals surface area contributed by atoms with E-state index >= 15 is 0 Å². The molecule has 0 unspecified atom stereocenters. The molecule has 2 heterocycles. The number of aromatic carboxylic acids is 1. The van der Waals surface area contributed by atoms with Crippen molar-refractivity contribution >= 4 is 11.9 Å². The van der Waals surface area contributed by atoms with Gasteiger partial charge in [-0.2, -0.15) is 0 Å². The monoisotopic (exact) mass is 292 g/mol. The fraction of sp³-hybridized carbons (Fsp3) is 0.714. The quantitative estimate of drug-likeness (QED) is 0.908. The number of hydrogen-bond donors (Lipinski definition) is 1. The van der Waals surface area contributed by atoms with E-state index in [0.29, 0.717) is 13.1 Å². The fourth-order valence-corrected chi connectivity index (χ4v) is 3.27. The van der Waals surface area contributed by atoms with E-state index in [-0.39, 0.29) is 23.1 Å². The molecule has 0 spiro atoms. The summed E-state index contributed by atoms with van der Waals surface area (Å²) in [6.45, 7) is 3.26. The molecule has 1 aliphatic heterocycles. The maximum absolute atomic E-state index is 12.6. The predicted octanol–water partition coefficient (Wildman–Crippen LogP) is 1.33. The maximum atomic E-state index is 12.6. The minimum atomic E-state index is -1.08. The summed E-state index contributed by atoms with van der Waals surface area (Å²) in [5.41, 5.74) is -0.267. The summed E-state index contributed by atoms with van der Waals surface area (Å²) in [5, 5.41) is 16.3. The molecule has 1 amide bonds. The third kappa shape index (κ3) is 2.52. The molecule has 1 N–H and O–H groups in total. The Kier molecular flexibility index (Phi) is 3.43. The number of carbonyl (C=O) groups is 2. The Labute approximate surface area is 122 Å². The molecule has 114 valence electrons. The highest BCUT2D eigenvalue weighted by atomic mass is 16.4. The molecule has 1 aliphatic carbocycles. The van der Waals surface area contributed by atoms with Crippen LogP contribution in [0.1, 0.15) is 55.6 Å². The first-order chi connectivity index (χ1) is 9.99. The van der Waals surface area contributed by atoms with Crippen molar-refractivity contribution in [3.05, 3.63) is 11.9 Å². The van der Waals surface area contributed by atoms with E-state index in [1.807, 2.05) is 4.90 Å². The predicted molar refractivity (Wildman–Crippen MR) is 73.8 cm³/mol. The lowest BCUT2D eigenvalue weighted by Gasteiger charge is -2.44. The molecule has 0 radical (unpaired) electrons. The summed E-state index contributed by atoms with van der Waals surface area (Å²) < 4.78 is 1.55. The highest BCUT2D eigenvalue weighted by Crippen LogP contribution is 2.39. The van der Waals surface area contributed by atoms with Crippen LogP contribution in [0.5, 0.6) is 0 Å². The van der Waals surface area contributed by atoms with Gasteiger partial charge in [-0.15, -0.1) is 5.10 Å². The van der Waals surface area contributed by atoms with E-state index < -0.39 is 5.97 Å². The van der Waals surface area contributed by atoms with Crippen molar-refractivity contribution in [3.8, 4) is 0 Å². The van der Waals surface area contributed by atoms with Crippen LogP contribution in [-0.4, -0.2) is 50.0 Å². The first-order valence-corrected chi connectivity index (χ1v) is 7.44. The van der Waals surface area contributed by atoms with Gasteiger partial charge in [0.1, 0.15) is 0 Å². The highest BCUT2D eigenvalue weighted by Gasteiger charge is 2.42. The van der Waals surface area contributed by atoms with Crippen LogP contribution in [0.3, 0.4) is 0 Å². The average Bonchev–Trinajstić information content (AvgIpc) is 2.87. The zero-order valence-corrected chi connectivity index (χ0v) is 12.2. The number of carboxylic acids is 1. The molecule has 1 aromatic heterocycles. The van der Waals surface area contributed by atoms with Gasteiger partial charge in [0.2, 0.25) is 5.91 Å². The Balaban J connectivity index is 1.59. The first-order valence-electron chi connectivity index (χ1n) is 7.44. The number of aromatic nitrogens is 3. The van der Waals surface area contributed by atoms with Gasteiger partial charge in [0.15, 0.2) is 5.69 Å². The van der Waals surface area contributed by atoms with Gasteiger partial charge in [0, 0.05) is 18.5 Å². The molecule has 2 aliphatic rings. The molecule has 1 saturated carbocycles. The summed E-state index contributed by atoms with van der Waals surface area (Å²) in [6.07, 6.45) is 6.85. The highest BCUT2D eigenvalue weighted by molar-refractivity contribution is 5.85. The van der Waals surface area contributed by atoms with E-state index in [1.54, 1.807) is 4.68 Å². The molecule has 7 heteroatoms. The molecule has 1 saturated heterocycles. The molecular formula is C14H20N4O3. The van der Waals surface area contributed by atoms with Crippen LogP contribution >= 0.6 is 0 Å². The van der Waals surface area contributed by atoms with Crippen LogP contribution in [0, 0.1) is 5.41 Å². The molecule has 3 rings (SSSR count). The average molecular weight is 292 g/mol. The lowest BCUT2D eigenvalue weighted by molar-refractivity contribution is -0.149. The number of likely N-dealkylation sites (tertiary alicyclic amines) is 1. The van der Waals surface area contributed by atoms with Crippen molar-refractivity contribution in [2.75, 3.05) is 13.1 Å². The van der Waals surface area contributed by atoms with E-state index in [0.717, 1.165) is 25.7 Å². The normalized spacial score (nSPS) is 21.9. The van der Waals surface area contributed by atoms with Gasteiger partial charge < -0.3 is 10.0 Å². The van der Waals surface area contributed by atoms with Crippen molar-refractivity contribution in [1.82, 2.24) is 19.9 Å². The molecule has 0 aromatic carbocycles. The Bertz CT molecular complexity index is 556. The number of carbonyl (C=O) groups excluding carboxylic acids is 1. The van der Waals surface area contributed by atoms with Crippen LogP contribution in [0.4, 0.5) is 0 Å². The SMILES string of the molecule is CC1(C(=O)N2CC(n3cc(C(=O)O)nn3)C2)CCCCC1. The van der Waals surface area contributed by atoms with Crippen LogP contribution in [0.15, 0.2) is 6.20 Å². The maximum Gasteiger partial charge on any atom is 0.358 e. The second kappa shape index (κ2) is 5.13. The lowest BCUT2D eigenvalue weighted by atomic mass is 9.74. The minimum Gasteiger partial charge on any atom is -0.476 e. The van der Waals surface area contributed by atoms with Gasteiger partial charge in [0.05, 0.1) is 12.2 Å². The van der Waals surface area contributed by atoms with Gasteiger partial charge in [-0.05, 0) is 12.8 Å². The number of carboxylic acid groups (broad SMARTS) is 1. The molecule has 7 nitrogen and oxygen atoms in total. The molecular weight excluding hydrogens is 272 g/mol. The van der Waals surface area contributed by atoms with Crippen LogP contribution in [0.2, 0.25) is 0 Å². The molecule has 0 bridgehead atoms. The Hall–Kier alpha value is -1.92. The van der Waals surface area contributed by atoms with Gasteiger partial charge in [-0.25, -0.2) is 9.48 Å². The summed E-state index contributed by atoms with van der Waals surface area (Å²) in [5.74, 6) is -0.847. The Morgan fingerprint density at radius 3 is 2.52 bits per heavy atom. The van der Waals surface area contributed by atoms with E-state index in [2.05, 4.69) is 17.2 Å². The van der Waals surface area contributed by atoms with E-state index in [1.165, 1.54) is 12.6 Å². The first kappa shape index (κ1) is 14.0. The van der Waals surface area contributed by atoms with Crippen LogP contribution in [-0.2, 0) is 4.79 Å². The number of hydrogen-bond acceptors (Lipinski definition) is 4. The Morgan fingerprint density at radius 2 is 1.95 bits per heavy atom. The molecule has 0 atom stereocenters. The summed E-state index contributed by atoms with van der Waals surface area (Å²) in [6, 6.07) is 0.0433. The lowest BCUT2D eigenvalue weighted by Crippen LogP contribution is -2.55. The molecule has 1 aromatic rings. The summed E-state index contributed by atoms with van der Waals surface area (Å²) in [4.78, 5) is 25.2. The van der Waals surface area contributed by atoms with Crippen LogP contribution < -0.4 is 0 Å². The van der Waals surface area contributed by atoms with Crippen molar-refractivity contribution in [1.29, 1.82) is 0 Å². The van der Waals surface area contributed by atoms with Crippen molar-refractivity contribution in [2.45, 2.75) is 45.1 Å². The topological polar surface area (TPSA) is 88.3 Å². The molecule has 2 fully saturated rings. The fourth-order valence-electron chi connectivity index (χ4n) is 3.27. The number of nitrogens with zero attached hydrogens (tertiary/aromatic N) is 4. The zero-order chi connectivity index (χ0) is 15.0. The van der Waals surface area contributed by atoms with Crippen LogP contribution in [0.25, 0.3) is 0 Å². The van der Waals surface area contributed by atoms with Crippen molar-refractivity contribution < 1.29 is 14.7 Å². The van der Waals surface area contributed by atoms with Gasteiger partial charge >= 0.3 is 5.97 Å². The number of amides is 1. The molecule has 21 heavy (non-hydrogen) atoms. The second-order valence-corrected chi connectivity index (χ2v) is 6.37. The van der Waals surface area contributed by atoms with Gasteiger partial charge in [-0.3, -0.25) is 4.79 Å². The second-order valence-electron chi connectivity index (χ2n) is 6.37. The standard InChI is InChI=1S/C14H20N4O3/c1-14(5-3-2-4-6-14)13(21)17-7-10(8-17)18-9-11(12(19)20)15-16-18/h9-10H,2-8H2,1H3,(H,19,20). The van der Waals surface area contributed by atoms with Crippen molar-refractivity contribution in [3.63, 3.8) is 0 Å². The third-order valence-electron chi connectivity index (χ3n) is 4.73. The van der Waals surface area contributed by atoms with Gasteiger partial charge in [0.25, 0.3) is 0 Å². The van der Waals surface area contributed by atoms with E-state index in [4.69, 9.17) is 5.11 Å². The summed E-state index contributed by atoms with van der Waals surface area (Å²) in [7, 11) is 0. The Morgan fingerprint density at radius 1 is 1.29 bits per heavy atom. The third-order valence-corrected chi connectivity index (χ3v) is 4.73. The number of rotatable bonds is 3. The van der Waals surface area contributed by atoms with Gasteiger partial charge in [-0.1, -0.05) is 31.4 Å². The van der Waals surface area contributed by atoms with Crippen molar-refractivity contribution in [2.24, 2.45) is 5.41 Å². The largest absolute Gasteiger partial charge is 0.476 e. The minimum absolute atomic E-state index is 0.0433. The summed E-state index contributed by atoms with van der Waals surface area (Å²) >= 11 is 0. The van der Waals surface area contributed by atoms with E-state index in [9.17, 15) is 9.59 Å². The zero-order valence-electron chi connectivity index (χ0n) is 12.2. The smallest absolute Gasteiger partial charge is 0.358 e.